The molecule has 0 spiro atoms. The topological polar surface area (TPSA) is 74.8 Å². The van der Waals surface area contributed by atoms with E-state index in [1.54, 1.807) is 11.3 Å². The van der Waals surface area contributed by atoms with Gasteiger partial charge in [0.2, 0.25) is 5.91 Å². The number of thioether (sulfide) groups is 1. The molecule has 7 heteroatoms. The molecule has 1 saturated carbocycles. The van der Waals surface area contributed by atoms with Crippen molar-refractivity contribution in [1.29, 1.82) is 0 Å². The molecule has 2 aromatic heterocycles. The lowest BCUT2D eigenvalue weighted by atomic mass is 9.86. The van der Waals surface area contributed by atoms with Gasteiger partial charge in [-0.2, -0.15) is 0 Å². The van der Waals surface area contributed by atoms with E-state index >= 15 is 0 Å². The lowest BCUT2D eigenvalue weighted by Crippen LogP contribution is -2.41. The second-order valence-electron chi connectivity index (χ2n) is 7.83. The van der Waals surface area contributed by atoms with Crippen molar-refractivity contribution in [2.45, 2.75) is 70.1 Å². The number of H-pyrrole nitrogens is 1. The van der Waals surface area contributed by atoms with Gasteiger partial charge in [-0.25, -0.2) is 4.98 Å². The van der Waals surface area contributed by atoms with Gasteiger partial charge in [-0.05, 0) is 50.0 Å². The van der Waals surface area contributed by atoms with Crippen LogP contribution in [-0.2, 0) is 23.4 Å². The lowest BCUT2D eigenvalue weighted by Gasteiger charge is -2.29. The standard InChI is InChI=1S/C20H27N3O2S2/c1-12-6-2-4-8-14(12)21-17(24)11-26-10-16-22-19(25)18-13-7-3-5-9-15(13)27-20(18)23-16/h12,14H,2-11H2,1H3,(H,21,24)(H,22,23,25)/t12-,14+/m1/s1. The maximum Gasteiger partial charge on any atom is 0.259 e. The van der Waals surface area contributed by atoms with Gasteiger partial charge in [-0.1, -0.05) is 19.8 Å². The summed E-state index contributed by atoms with van der Waals surface area (Å²) in [6.45, 7) is 2.22. The molecule has 2 N–H and O–H groups in total. The molecule has 2 aliphatic rings. The molecule has 27 heavy (non-hydrogen) atoms. The Bertz CT molecular complexity index is 889. The van der Waals surface area contributed by atoms with Crippen LogP contribution >= 0.6 is 23.1 Å². The largest absolute Gasteiger partial charge is 0.352 e. The number of carbonyl (C=O) groups excluding carboxylic acids is 1. The number of carbonyl (C=O) groups is 1. The van der Waals surface area contributed by atoms with Crippen LogP contribution in [0.1, 0.15) is 61.7 Å². The van der Waals surface area contributed by atoms with Crippen molar-refractivity contribution in [1.82, 2.24) is 15.3 Å². The monoisotopic (exact) mass is 405 g/mol. The lowest BCUT2D eigenvalue weighted by molar-refractivity contribution is -0.119. The summed E-state index contributed by atoms with van der Waals surface area (Å²) in [5, 5.41) is 3.98. The van der Waals surface area contributed by atoms with Gasteiger partial charge >= 0.3 is 0 Å². The number of nitrogens with one attached hydrogen (secondary N) is 2. The van der Waals surface area contributed by atoms with Gasteiger partial charge in [0.1, 0.15) is 10.7 Å². The molecule has 0 aliphatic heterocycles. The van der Waals surface area contributed by atoms with Crippen LogP contribution in [0.2, 0.25) is 0 Å². The van der Waals surface area contributed by atoms with Gasteiger partial charge in [0.25, 0.3) is 5.56 Å². The Morgan fingerprint density at radius 3 is 2.93 bits per heavy atom. The maximum absolute atomic E-state index is 12.6. The Morgan fingerprint density at radius 1 is 1.26 bits per heavy atom. The third kappa shape index (κ3) is 4.24. The normalized spacial score (nSPS) is 22.6. The highest BCUT2D eigenvalue weighted by atomic mass is 32.2. The second kappa shape index (κ2) is 8.35. The molecule has 2 aromatic rings. The molecule has 0 aromatic carbocycles. The van der Waals surface area contributed by atoms with E-state index in [1.807, 2.05) is 0 Å². The van der Waals surface area contributed by atoms with Crippen molar-refractivity contribution in [3.05, 3.63) is 26.6 Å². The number of hydrogen-bond donors (Lipinski definition) is 2. The van der Waals surface area contributed by atoms with Crippen LogP contribution < -0.4 is 10.9 Å². The van der Waals surface area contributed by atoms with Crippen LogP contribution in [0.15, 0.2) is 4.79 Å². The highest BCUT2D eigenvalue weighted by molar-refractivity contribution is 7.99. The third-order valence-corrected chi connectivity index (χ3v) is 7.93. The molecule has 0 bridgehead atoms. The van der Waals surface area contributed by atoms with Crippen LogP contribution in [0, 0.1) is 5.92 Å². The van der Waals surface area contributed by atoms with Gasteiger partial charge < -0.3 is 10.3 Å². The average molecular weight is 406 g/mol. The molecule has 0 saturated heterocycles. The number of fused-ring (bicyclic) bond motifs is 3. The summed E-state index contributed by atoms with van der Waals surface area (Å²) < 4.78 is 0. The Morgan fingerprint density at radius 2 is 2.07 bits per heavy atom. The molecule has 5 nitrogen and oxygen atoms in total. The molecule has 4 rings (SSSR count). The van der Waals surface area contributed by atoms with E-state index in [1.165, 1.54) is 47.9 Å². The van der Waals surface area contributed by atoms with Gasteiger partial charge in [-0.15, -0.1) is 23.1 Å². The van der Waals surface area contributed by atoms with Crippen LogP contribution in [0.4, 0.5) is 0 Å². The van der Waals surface area contributed by atoms with Crippen LogP contribution in [-0.4, -0.2) is 27.7 Å². The number of rotatable bonds is 5. The van der Waals surface area contributed by atoms with Crippen LogP contribution in [0.5, 0.6) is 0 Å². The number of nitrogens with zero attached hydrogens (tertiary/aromatic N) is 1. The minimum absolute atomic E-state index is 0.0181. The van der Waals surface area contributed by atoms with Crippen LogP contribution in [0.3, 0.4) is 0 Å². The van der Waals surface area contributed by atoms with Crippen LogP contribution in [0.25, 0.3) is 10.2 Å². The summed E-state index contributed by atoms with van der Waals surface area (Å²) in [4.78, 5) is 34.6. The first-order chi connectivity index (χ1) is 13.1. The predicted octanol–water partition coefficient (Wildman–Crippen LogP) is 3.79. The number of aromatic amines is 1. The molecule has 0 unspecified atom stereocenters. The summed E-state index contributed by atoms with van der Waals surface area (Å²) in [6, 6.07) is 0.318. The smallest absolute Gasteiger partial charge is 0.259 e. The fourth-order valence-corrected chi connectivity index (χ4v) is 6.28. The zero-order valence-electron chi connectivity index (χ0n) is 15.8. The number of aromatic nitrogens is 2. The zero-order chi connectivity index (χ0) is 18.8. The van der Waals surface area contributed by atoms with Gasteiger partial charge in [-0.3, -0.25) is 9.59 Å². The van der Waals surface area contributed by atoms with E-state index in [-0.39, 0.29) is 11.5 Å². The quantitative estimate of drug-likeness (QED) is 0.794. The second-order valence-corrected chi connectivity index (χ2v) is 9.90. The van der Waals surface area contributed by atoms with Crippen molar-refractivity contribution in [3.8, 4) is 0 Å². The molecule has 2 heterocycles. The molecular formula is C20H27N3O2S2. The molecule has 1 fully saturated rings. The van der Waals surface area contributed by atoms with Crippen molar-refractivity contribution < 1.29 is 4.79 Å². The first-order valence-electron chi connectivity index (χ1n) is 10.0. The zero-order valence-corrected chi connectivity index (χ0v) is 17.4. The Kier molecular flexibility index (Phi) is 5.88. The SMILES string of the molecule is C[C@@H]1CCCC[C@@H]1NC(=O)CSCc1nc2sc3c(c2c(=O)[nH]1)CCCC3. The molecule has 1 amide bonds. The summed E-state index contributed by atoms with van der Waals surface area (Å²) in [5.41, 5.74) is 1.20. The van der Waals surface area contributed by atoms with Crippen molar-refractivity contribution in [2.24, 2.45) is 5.92 Å². The molecule has 2 atom stereocenters. The van der Waals surface area contributed by atoms with Crippen molar-refractivity contribution in [2.75, 3.05) is 5.75 Å². The van der Waals surface area contributed by atoms with Gasteiger partial charge in [0, 0.05) is 10.9 Å². The summed E-state index contributed by atoms with van der Waals surface area (Å²) in [6.07, 6.45) is 9.20. The fourth-order valence-electron chi connectivity index (χ4n) is 4.30. The van der Waals surface area contributed by atoms with E-state index in [0.717, 1.165) is 35.9 Å². The Balaban J connectivity index is 1.36. The maximum atomic E-state index is 12.6. The first kappa shape index (κ1) is 19.0. The minimum Gasteiger partial charge on any atom is -0.352 e. The van der Waals surface area contributed by atoms with E-state index in [2.05, 4.69) is 22.2 Å². The van der Waals surface area contributed by atoms with Crippen molar-refractivity contribution >= 4 is 39.2 Å². The highest BCUT2D eigenvalue weighted by Gasteiger charge is 2.23. The van der Waals surface area contributed by atoms with E-state index in [9.17, 15) is 9.59 Å². The number of thiophene rings is 1. The number of aryl methyl sites for hydroxylation is 2. The fraction of sp³-hybridized carbons (Fsp3) is 0.650. The van der Waals surface area contributed by atoms with Gasteiger partial charge in [0.15, 0.2) is 0 Å². The molecule has 146 valence electrons. The third-order valence-electron chi connectivity index (χ3n) is 5.80. The van der Waals surface area contributed by atoms with Gasteiger partial charge in [0.05, 0.1) is 16.9 Å². The Hall–Kier alpha value is -1.34. The average Bonchev–Trinajstić information content (AvgIpc) is 3.02. The summed E-state index contributed by atoms with van der Waals surface area (Å²) in [5.74, 6) is 2.30. The predicted molar refractivity (Wildman–Crippen MR) is 113 cm³/mol. The van der Waals surface area contributed by atoms with E-state index in [4.69, 9.17) is 0 Å². The van der Waals surface area contributed by atoms with E-state index in [0.29, 0.717) is 29.3 Å². The molecular weight excluding hydrogens is 378 g/mol. The molecule has 0 radical (unpaired) electrons. The highest BCUT2D eigenvalue weighted by Crippen LogP contribution is 2.33. The Labute approximate surface area is 167 Å². The van der Waals surface area contributed by atoms with Crippen molar-refractivity contribution in [3.63, 3.8) is 0 Å². The number of hydrogen-bond acceptors (Lipinski definition) is 5. The number of amides is 1. The molecule has 2 aliphatic carbocycles. The first-order valence-corrected chi connectivity index (χ1v) is 12.0. The minimum atomic E-state index is -0.0181. The summed E-state index contributed by atoms with van der Waals surface area (Å²) >= 11 is 3.19. The van der Waals surface area contributed by atoms with E-state index < -0.39 is 0 Å². The summed E-state index contributed by atoms with van der Waals surface area (Å²) in [7, 11) is 0.